The predicted molar refractivity (Wildman–Crippen MR) is 70.2 cm³/mol. The third-order valence-electron chi connectivity index (χ3n) is 2.81. The minimum Gasteiger partial charge on any atom is -0.340 e. The first-order chi connectivity index (χ1) is 8.20. The number of nitrogens with one attached hydrogen (secondary N) is 1. The Balaban J connectivity index is 2.18. The zero-order valence-electron chi connectivity index (χ0n) is 10.0. The maximum atomic E-state index is 6.16. The van der Waals surface area contributed by atoms with Gasteiger partial charge in [-0.2, -0.15) is 0 Å². The Morgan fingerprint density at radius 1 is 1.41 bits per heavy atom. The van der Waals surface area contributed by atoms with Crippen molar-refractivity contribution in [3.05, 3.63) is 53.1 Å². The lowest BCUT2D eigenvalue weighted by atomic mass is 10.0. The molecular weight excluding hydrogens is 234 g/mol. The van der Waals surface area contributed by atoms with Crippen molar-refractivity contribution in [3.8, 4) is 0 Å². The molecule has 3 nitrogen and oxygen atoms in total. The molecule has 0 spiro atoms. The van der Waals surface area contributed by atoms with Crippen molar-refractivity contribution in [1.82, 2.24) is 14.9 Å². The van der Waals surface area contributed by atoms with E-state index < -0.39 is 0 Å². The number of rotatable bonds is 4. The van der Waals surface area contributed by atoms with Gasteiger partial charge in [-0.25, -0.2) is 4.98 Å². The molecule has 0 amide bonds. The van der Waals surface area contributed by atoms with E-state index in [1.54, 1.807) is 0 Å². The van der Waals surface area contributed by atoms with E-state index in [4.69, 9.17) is 11.6 Å². The summed E-state index contributed by atoms with van der Waals surface area (Å²) in [6.07, 6.45) is 4.68. The molecule has 90 valence electrons. The Kier molecular flexibility index (Phi) is 3.82. The third kappa shape index (κ3) is 2.87. The lowest BCUT2D eigenvalue weighted by Gasteiger charge is -2.14. The van der Waals surface area contributed by atoms with Gasteiger partial charge in [-0.3, -0.25) is 0 Å². The van der Waals surface area contributed by atoms with Crippen LogP contribution < -0.4 is 5.32 Å². The van der Waals surface area contributed by atoms with Crippen LogP contribution >= 0.6 is 11.6 Å². The molecule has 1 N–H and O–H groups in total. The maximum Gasteiger partial charge on any atom is 0.0947 e. The number of aromatic nitrogens is 2. The molecule has 1 heterocycles. The van der Waals surface area contributed by atoms with Crippen LogP contribution in [0.5, 0.6) is 0 Å². The van der Waals surface area contributed by atoms with Crippen LogP contribution in [-0.2, 0) is 13.5 Å². The molecular formula is C13H16ClN3. The Hall–Kier alpha value is -1.32. The maximum absolute atomic E-state index is 6.16. The van der Waals surface area contributed by atoms with Crippen molar-refractivity contribution >= 4 is 11.6 Å². The fourth-order valence-electron chi connectivity index (χ4n) is 1.85. The van der Waals surface area contributed by atoms with Crippen LogP contribution in [0.15, 0.2) is 36.8 Å². The van der Waals surface area contributed by atoms with Gasteiger partial charge in [0.05, 0.1) is 18.1 Å². The first-order valence-electron chi connectivity index (χ1n) is 5.59. The average molecular weight is 250 g/mol. The Morgan fingerprint density at radius 3 is 2.76 bits per heavy atom. The number of imidazole rings is 1. The van der Waals surface area contributed by atoms with E-state index in [1.165, 1.54) is 0 Å². The standard InChI is InChI=1S/C13H16ClN3/c1-15-12(13-8-17(2)9-16-13)7-10-5-3-4-6-11(10)14/h3-6,8-9,12,15H,7H2,1-2H3. The van der Waals surface area contributed by atoms with Gasteiger partial charge < -0.3 is 9.88 Å². The molecule has 2 rings (SSSR count). The molecule has 17 heavy (non-hydrogen) atoms. The molecule has 4 heteroatoms. The summed E-state index contributed by atoms with van der Waals surface area (Å²) in [5.41, 5.74) is 2.18. The van der Waals surface area contributed by atoms with Crippen molar-refractivity contribution in [2.45, 2.75) is 12.5 Å². The second-order valence-corrected chi connectivity index (χ2v) is 4.51. The normalized spacial score (nSPS) is 12.6. The second kappa shape index (κ2) is 5.34. The highest BCUT2D eigenvalue weighted by Crippen LogP contribution is 2.22. The topological polar surface area (TPSA) is 29.9 Å². The smallest absolute Gasteiger partial charge is 0.0947 e. The fraction of sp³-hybridized carbons (Fsp3) is 0.308. The van der Waals surface area contributed by atoms with Crippen molar-refractivity contribution < 1.29 is 0 Å². The van der Waals surface area contributed by atoms with Gasteiger partial charge in [-0.15, -0.1) is 0 Å². The molecule has 0 fully saturated rings. The highest BCUT2D eigenvalue weighted by atomic mass is 35.5. The van der Waals surface area contributed by atoms with Gasteiger partial charge in [0.25, 0.3) is 0 Å². The molecule has 1 aromatic heterocycles. The van der Waals surface area contributed by atoms with E-state index in [0.717, 1.165) is 22.7 Å². The molecule has 0 aliphatic carbocycles. The van der Waals surface area contributed by atoms with Crippen molar-refractivity contribution in [2.75, 3.05) is 7.05 Å². The van der Waals surface area contributed by atoms with E-state index in [0.29, 0.717) is 0 Å². The number of likely N-dealkylation sites (N-methyl/N-ethyl adjacent to an activating group) is 1. The lowest BCUT2D eigenvalue weighted by molar-refractivity contribution is 0.578. The van der Waals surface area contributed by atoms with E-state index in [9.17, 15) is 0 Å². The van der Waals surface area contributed by atoms with Gasteiger partial charge in [-0.05, 0) is 25.1 Å². The molecule has 0 aliphatic rings. The van der Waals surface area contributed by atoms with Crippen LogP contribution in [-0.4, -0.2) is 16.6 Å². The molecule has 0 aliphatic heterocycles. The molecule has 0 bridgehead atoms. The van der Waals surface area contributed by atoms with Crippen LogP contribution in [0.3, 0.4) is 0 Å². The van der Waals surface area contributed by atoms with Gasteiger partial charge in [0.2, 0.25) is 0 Å². The average Bonchev–Trinajstić information content (AvgIpc) is 2.75. The summed E-state index contributed by atoms with van der Waals surface area (Å²) in [5.74, 6) is 0. The zero-order chi connectivity index (χ0) is 12.3. The van der Waals surface area contributed by atoms with Gasteiger partial charge in [0, 0.05) is 18.3 Å². The number of nitrogens with zero attached hydrogens (tertiary/aromatic N) is 2. The van der Waals surface area contributed by atoms with Gasteiger partial charge in [0.15, 0.2) is 0 Å². The van der Waals surface area contributed by atoms with E-state index >= 15 is 0 Å². The monoisotopic (exact) mass is 249 g/mol. The van der Waals surface area contributed by atoms with Gasteiger partial charge in [-0.1, -0.05) is 29.8 Å². The number of halogens is 1. The summed E-state index contributed by atoms with van der Waals surface area (Å²) in [5, 5.41) is 4.08. The summed E-state index contributed by atoms with van der Waals surface area (Å²) in [4.78, 5) is 4.37. The summed E-state index contributed by atoms with van der Waals surface area (Å²) in [6, 6.07) is 8.11. The van der Waals surface area contributed by atoms with Crippen LogP contribution in [0.4, 0.5) is 0 Å². The minimum atomic E-state index is 0.191. The summed E-state index contributed by atoms with van der Waals surface area (Å²) in [7, 11) is 3.91. The molecule has 1 aromatic carbocycles. The Labute approximate surface area is 106 Å². The lowest BCUT2D eigenvalue weighted by Crippen LogP contribution is -2.19. The van der Waals surface area contributed by atoms with Crippen LogP contribution in [0, 0.1) is 0 Å². The number of hydrogen-bond acceptors (Lipinski definition) is 2. The molecule has 0 saturated heterocycles. The number of aryl methyl sites for hydroxylation is 1. The highest BCUT2D eigenvalue weighted by Gasteiger charge is 2.13. The van der Waals surface area contributed by atoms with Gasteiger partial charge >= 0.3 is 0 Å². The Morgan fingerprint density at radius 2 is 2.18 bits per heavy atom. The number of hydrogen-bond donors (Lipinski definition) is 1. The van der Waals surface area contributed by atoms with Crippen LogP contribution in [0.2, 0.25) is 5.02 Å². The molecule has 1 atom stereocenters. The summed E-state index contributed by atoms with van der Waals surface area (Å²) < 4.78 is 1.95. The van der Waals surface area contributed by atoms with Crippen molar-refractivity contribution in [1.29, 1.82) is 0 Å². The SMILES string of the molecule is CNC(Cc1ccccc1Cl)c1cn(C)cn1. The Bertz CT molecular complexity index is 493. The second-order valence-electron chi connectivity index (χ2n) is 4.10. The van der Waals surface area contributed by atoms with Crippen molar-refractivity contribution in [3.63, 3.8) is 0 Å². The fourth-order valence-corrected chi connectivity index (χ4v) is 2.06. The highest BCUT2D eigenvalue weighted by molar-refractivity contribution is 6.31. The first kappa shape index (κ1) is 12.1. The van der Waals surface area contributed by atoms with Crippen LogP contribution in [0.25, 0.3) is 0 Å². The summed E-state index contributed by atoms with van der Waals surface area (Å²) in [6.45, 7) is 0. The molecule has 2 aromatic rings. The van der Waals surface area contributed by atoms with E-state index in [1.807, 2.05) is 49.4 Å². The van der Waals surface area contributed by atoms with E-state index in [2.05, 4.69) is 16.4 Å². The minimum absolute atomic E-state index is 0.191. The van der Waals surface area contributed by atoms with E-state index in [-0.39, 0.29) is 6.04 Å². The largest absolute Gasteiger partial charge is 0.340 e. The third-order valence-corrected chi connectivity index (χ3v) is 3.18. The first-order valence-corrected chi connectivity index (χ1v) is 5.97. The molecule has 1 unspecified atom stereocenters. The molecule has 0 radical (unpaired) electrons. The molecule has 0 saturated carbocycles. The summed E-state index contributed by atoms with van der Waals surface area (Å²) >= 11 is 6.16. The van der Waals surface area contributed by atoms with Crippen LogP contribution in [0.1, 0.15) is 17.3 Å². The predicted octanol–water partition coefficient (Wildman–Crippen LogP) is 2.58. The van der Waals surface area contributed by atoms with Crippen molar-refractivity contribution in [2.24, 2.45) is 7.05 Å². The zero-order valence-corrected chi connectivity index (χ0v) is 10.8. The van der Waals surface area contributed by atoms with Gasteiger partial charge in [0.1, 0.15) is 0 Å². The number of benzene rings is 1. The quantitative estimate of drug-likeness (QED) is 0.903.